The van der Waals surface area contributed by atoms with Crippen molar-refractivity contribution in [2.75, 3.05) is 27.2 Å². The summed E-state index contributed by atoms with van der Waals surface area (Å²) in [6.45, 7) is 6.55. The van der Waals surface area contributed by atoms with E-state index in [1.54, 1.807) is 0 Å². The van der Waals surface area contributed by atoms with Crippen LogP contribution in [0.2, 0.25) is 0 Å². The van der Waals surface area contributed by atoms with Crippen molar-refractivity contribution in [2.24, 2.45) is 17.6 Å². The van der Waals surface area contributed by atoms with E-state index in [1.807, 2.05) is 0 Å². The molecule has 0 bridgehead atoms. The molecule has 0 spiro atoms. The van der Waals surface area contributed by atoms with Crippen molar-refractivity contribution in [3.63, 3.8) is 0 Å². The molecule has 0 saturated heterocycles. The van der Waals surface area contributed by atoms with Gasteiger partial charge in [0.2, 0.25) is 0 Å². The fraction of sp³-hybridized carbons (Fsp3) is 1.00. The van der Waals surface area contributed by atoms with Crippen LogP contribution in [0.25, 0.3) is 0 Å². The molecule has 0 radical (unpaired) electrons. The first-order valence-corrected chi connectivity index (χ1v) is 7.14. The van der Waals surface area contributed by atoms with Crippen molar-refractivity contribution >= 4 is 0 Å². The highest BCUT2D eigenvalue weighted by Gasteiger charge is 2.26. The fourth-order valence-electron chi connectivity index (χ4n) is 2.90. The Morgan fingerprint density at radius 2 is 2.00 bits per heavy atom. The van der Waals surface area contributed by atoms with Crippen molar-refractivity contribution in [2.45, 2.75) is 51.6 Å². The van der Waals surface area contributed by atoms with Crippen molar-refractivity contribution < 1.29 is 0 Å². The summed E-state index contributed by atoms with van der Waals surface area (Å²) < 4.78 is 0. The lowest BCUT2D eigenvalue weighted by molar-refractivity contribution is 0.234. The second-order valence-corrected chi connectivity index (χ2v) is 6.19. The smallest absolute Gasteiger partial charge is 0.0217 e. The van der Waals surface area contributed by atoms with Gasteiger partial charge in [0.15, 0.2) is 0 Å². The molecule has 0 amide bonds. The molecule has 3 heteroatoms. The molecule has 0 aromatic rings. The Kier molecular flexibility index (Phi) is 6.45. The molecular weight excluding hydrogens is 210 g/mol. The molecule has 3 N–H and O–H groups in total. The van der Waals surface area contributed by atoms with E-state index >= 15 is 0 Å². The highest BCUT2D eigenvalue weighted by Crippen LogP contribution is 2.24. The summed E-state index contributed by atoms with van der Waals surface area (Å²) >= 11 is 0. The molecule has 1 aliphatic rings. The van der Waals surface area contributed by atoms with E-state index in [9.17, 15) is 0 Å². The Balaban J connectivity index is 2.35. The van der Waals surface area contributed by atoms with E-state index in [0.29, 0.717) is 18.0 Å². The predicted molar refractivity (Wildman–Crippen MR) is 75.1 cm³/mol. The summed E-state index contributed by atoms with van der Waals surface area (Å²) in [5.74, 6) is 1.47. The Labute approximate surface area is 107 Å². The Morgan fingerprint density at radius 3 is 2.53 bits per heavy atom. The van der Waals surface area contributed by atoms with Crippen LogP contribution in [0.3, 0.4) is 0 Å². The van der Waals surface area contributed by atoms with Gasteiger partial charge >= 0.3 is 0 Å². The Morgan fingerprint density at radius 1 is 1.29 bits per heavy atom. The van der Waals surface area contributed by atoms with Crippen molar-refractivity contribution in [3.8, 4) is 0 Å². The molecule has 0 aromatic carbocycles. The van der Waals surface area contributed by atoms with Crippen LogP contribution in [-0.2, 0) is 0 Å². The van der Waals surface area contributed by atoms with E-state index in [2.05, 4.69) is 38.2 Å². The lowest BCUT2D eigenvalue weighted by atomic mass is 10.0. The van der Waals surface area contributed by atoms with Crippen LogP contribution < -0.4 is 11.1 Å². The summed E-state index contributed by atoms with van der Waals surface area (Å²) in [6.07, 6.45) is 5.23. The summed E-state index contributed by atoms with van der Waals surface area (Å²) in [7, 11) is 4.37. The molecule has 1 fully saturated rings. The molecule has 0 aliphatic heterocycles. The molecule has 1 rings (SSSR count). The Hall–Kier alpha value is -0.120. The SMILES string of the molecule is CC(C)CC(CNC1CCCC1CN)N(C)C. The van der Waals surface area contributed by atoms with Crippen LogP contribution in [-0.4, -0.2) is 44.2 Å². The van der Waals surface area contributed by atoms with Gasteiger partial charge in [0.1, 0.15) is 0 Å². The number of hydrogen-bond acceptors (Lipinski definition) is 3. The van der Waals surface area contributed by atoms with Crippen LogP contribution >= 0.6 is 0 Å². The third-order valence-electron chi connectivity index (χ3n) is 4.05. The minimum atomic E-state index is 0.647. The minimum absolute atomic E-state index is 0.647. The van der Waals surface area contributed by atoms with E-state index in [0.717, 1.165) is 19.0 Å². The van der Waals surface area contributed by atoms with Gasteiger partial charge in [-0.3, -0.25) is 0 Å². The zero-order chi connectivity index (χ0) is 12.8. The Bertz CT molecular complexity index is 204. The lowest BCUT2D eigenvalue weighted by Gasteiger charge is -2.29. The number of nitrogens with two attached hydrogens (primary N) is 1. The predicted octanol–water partition coefficient (Wildman–Crippen LogP) is 1.68. The van der Waals surface area contributed by atoms with Gasteiger partial charge in [-0.1, -0.05) is 20.3 Å². The summed E-state index contributed by atoms with van der Waals surface area (Å²) in [5.41, 5.74) is 5.82. The first-order chi connectivity index (χ1) is 8.04. The number of nitrogens with zero attached hydrogens (tertiary/aromatic N) is 1. The summed E-state index contributed by atoms with van der Waals surface area (Å²) in [4.78, 5) is 2.35. The molecule has 1 aliphatic carbocycles. The molecule has 1 saturated carbocycles. The van der Waals surface area contributed by atoms with Crippen LogP contribution in [0, 0.1) is 11.8 Å². The highest BCUT2D eigenvalue weighted by molar-refractivity contribution is 4.85. The van der Waals surface area contributed by atoms with Crippen LogP contribution in [0.5, 0.6) is 0 Å². The van der Waals surface area contributed by atoms with E-state index in [4.69, 9.17) is 5.73 Å². The fourth-order valence-corrected chi connectivity index (χ4v) is 2.90. The molecule has 0 heterocycles. The first-order valence-electron chi connectivity index (χ1n) is 7.14. The van der Waals surface area contributed by atoms with Gasteiger partial charge in [-0.05, 0) is 51.7 Å². The normalized spacial score (nSPS) is 27.0. The largest absolute Gasteiger partial charge is 0.330 e. The second-order valence-electron chi connectivity index (χ2n) is 6.19. The summed E-state index contributed by atoms with van der Waals surface area (Å²) in [6, 6.07) is 1.31. The van der Waals surface area contributed by atoms with Crippen molar-refractivity contribution in [1.29, 1.82) is 0 Å². The number of likely N-dealkylation sites (N-methyl/N-ethyl adjacent to an activating group) is 1. The molecule has 0 aromatic heterocycles. The maximum Gasteiger partial charge on any atom is 0.0217 e. The van der Waals surface area contributed by atoms with Gasteiger partial charge in [-0.25, -0.2) is 0 Å². The van der Waals surface area contributed by atoms with Crippen LogP contribution in [0.1, 0.15) is 39.5 Å². The van der Waals surface area contributed by atoms with Gasteiger partial charge in [0, 0.05) is 18.6 Å². The monoisotopic (exact) mass is 241 g/mol. The number of rotatable bonds is 7. The van der Waals surface area contributed by atoms with E-state index in [1.165, 1.54) is 25.7 Å². The van der Waals surface area contributed by atoms with E-state index in [-0.39, 0.29) is 0 Å². The quantitative estimate of drug-likeness (QED) is 0.712. The zero-order valence-electron chi connectivity index (χ0n) is 12.1. The minimum Gasteiger partial charge on any atom is -0.330 e. The van der Waals surface area contributed by atoms with Crippen LogP contribution in [0.15, 0.2) is 0 Å². The lowest BCUT2D eigenvalue weighted by Crippen LogP contribution is -2.44. The zero-order valence-corrected chi connectivity index (χ0v) is 12.1. The average molecular weight is 241 g/mol. The van der Waals surface area contributed by atoms with Gasteiger partial charge in [0.05, 0.1) is 0 Å². The van der Waals surface area contributed by atoms with Crippen molar-refractivity contribution in [3.05, 3.63) is 0 Å². The third kappa shape index (κ3) is 4.94. The molecule has 102 valence electrons. The number of nitrogens with one attached hydrogen (secondary N) is 1. The first kappa shape index (κ1) is 14.9. The highest BCUT2D eigenvalue weighted by atomic mass is 15.1. The average Bonchev–Trinajstić information content (AvgIpc) is 2.70. The van der Waals surface area contributed by atoms with Gasteiger partial charge in [0.25, 0.3) is 0 Å². The van der Waals surface area contributed by atoms with Gasteiger partial charge < -0.3 is 16.0 Å². The summed E-state index contributed by atoms with van der Waals surface area (Å²) in [5, 5.41) is 3.75. The second kappa shape index (κ2) is 7.34. The molecule has 3 atom stereocenters. The standard InChI is InChI=1S/C14H31N3/c1-11(2)8-13(17(3)4)10-16-14-7-5-6-12(14)9-15/h11-14,16H,5-10,15H2,1-4H3. The molecule has 3 nitrogen and oxygen atoms in total. The van der Waals surface area contributed by atoms with Crippen LogP contribution in [0.4, 0.5) is 0 Å². The van der Waals surface area contributed by atoms with Gasteiger partial charge in [-0.2, -0.15) is 0 Å². The number of hydrogen-bond donors (Lipinski definition) is 2. The molecule has 3 unspecified atom stereocenters. The topological polar surface area (TPSA) is 41.3 Å². The van der Waals surface area contributed by atoms with Gasteiger partial charge in [-0.15, -0.1) is 0 Å². The maximum absolute atomic E-state index is 5.82. The van der Waals surface area contributed by atoms with Crippen molar-refractivity contribution in [1.82, 2.24) is 10.2 Å². The maximum atomic E-state index is 5.82. The van der Waals surface area contributed by atoms with E-state index < -0.39 is 0 Å². The third-order valence-corrected chi connectivity index (χ3v) is 4.05. The molecular formula is C14H31N3. The molecule has 17 heavy (non-hydrogen) atoms.